The highest BCUT2D eigenvalue weighted by Gasteiger charge is 2.63. The van der Waals surface area contributed by atoms with E-state index in [-0.39, 0.29) is 11.3 Å². The van der Waals surface area contributed by atoms with Crippen molar-refractivity contribution in [3.63, 3.8) is 0 Å². The molecule has 1 fully saturated rings. The van der Waals surface area contributed by atoms with Gasteiger partial charge in [-0.2, -0.15) is 9.52 Å². The van der Waals surface area contributed by atoms with Gasteiger partial charge < -0.3 is 5.11 Å². The Kier molecular flexibility index (Phi) is 5.12. The summed E-state index contributed by atoms with van der Waals surface area (Å²) in [5.41, 5.74) is -0.125. The molecule has 0 amide bonds. The van der Waals surface area contributed by atoms with Crippen LogP contribution < -0.4 is 4.72 Å². The summed E-state index contributed by atoms with van der Waals surface area (Å²) in [4.78, 5) is 13.4. The number of carboxylic acids is 1. The van der Waals surface area contributed by atoms with Crippen LogP contribution in [-0.2, 0) is 21.4 Å². The molecule has 0 saturated heterocycles. The lowest BCUT2D eigenvalue weighted by Gasteiger charge is -2.15. The summed E-state index contributed by atoms with van der Waals surface area (Å²) in [5, 5.41) is 21.9. The van der Waals surface area contributed by atoms with Crippen LogP contribution >= 0.6 is 0 Å². The van der Waals surface area contributed by atoms with Gasteiger partial charge in [-0.25, -0.2) is 8.42 Å². The van der Waals surface area contributed by atoms with Crippen molar-refractivity contribution in [2.45, 2.75) is 42.7 Å². The van der Waals surface area contributed by atoms with Gasteiger partial charge in [-0.3, -0.25) is 4.79 Å². The number of carbonyl (C=O) groups is 1. The minimum Gasteiger partial charge on any atom is -0.480 e. The smallest absolute Gasteiger partial charge is 0.325 e. The van der Waals surface area contributed by atoms with E-state index in [2.05, 4.69) is 20.1 Å². The standard InChI is InChI=1S/C20H21N5O4S/c1-2-12-25-22-18(21-24-25)15-8-10-16(11-9-15)30(28,29)23-20(19(26)27)13-17(20)14-6-4-3-5-7-14/h3-11,17,23H,2,12-13H2,1H3,(H,26,27)/t17-,20+/m0/s1. The molecule has 1 aliphatic carbocycles. The highest BCUT2D eigenvalue weighted by Crippen LogP contribution is 2.52. The molecule has 9 nitrogen and oxygen atoms in total. The molecule has 1 aliphatic rings. The number of aromatic nitrogens is 4. The SMILES string of the molecule is CCCn1nnc(-c2ccc(S(=O)(=O)N[C@]3(C(=O)O)C[C@H]3c3ccccc3)cc2)n1. The molecule has 2 N–H and O–H groups in total. The van der Waals surface area contributed by atoms with Gasteiger partial charge in [0.25, 0.3) is 0 Å². The molecular formula is C20H21N5O4S. The average Bonchev–Trinajstić information content (AvgIpc) is 3.27. The number of aliphatic carboxylic acids is 1. The van der Waals surface area contributed by atoms with Gasteiger partial charge in [0.15, 0.2) is 0 Å². The molecule has 0 radical (unpaired) electrons. The summed E-state index contributed by atoms with van der Waals surface area (Å²) < 4.78 is 28.2. The maximum atomic E-state index is 12.9. The number of carboxylic acid groups (broad SMARTS) is 1. The second kappa shape index (κ2) is 7.62. The molecule has 4 rings (SSSR count). The first kappa shape index (κ1) is 20.2. The van der Waals surface area contributed by atoms with Gasteiger partial charge >= 0.3 is 5.97 Å². The van der Waals surface area contributed by atoms with Crippen molar-refractivity contribution in [1.82, 2.24) is 24.9 Å². The van der Waals surface area contributed by atoms with Crippen LogP contribution in [0.5, 0.6) is 0 Å². The van der Waals surface area contributed by atoms with E-state index < -0.39 is 27.4 Å². The van der Waals surface area contributed by atoms with Gasteiger partial charge in [0, 0.05) is 11.5 Å². The molecule has 2 atom stereocenters. The first-order valence-corrected chi connectivity index (χ1v) is 11.0. The van der Waals surface area contributed by atoms with Crippen LogP contribution in [-0.4, -0.2) is 45.2 Å². The summed E-state index contributed by atoms with van der Waals surface area (Å²) in [6, 6.07) is 15.0. The third-order valence-corrected chi connectivity index (χ3v) is 6.69. The Labute approximate surface area is 173 Å². The van der Waals surface area contributed by atoms with Crippen LogP contribution in [0.2, 0.25) is 0 Å². The zero-order valence-corrected chi connectivity index (χ0v) is 17.1. The summed E-state index contributed by atoms with van der Waals surface area (Å²) >= 11 is 0. The van der Waals surface area contributed by atoms with Crippen LogP contribution in [0, 0.1) is 0 Å². The highest BCUT2D eigenvalue weighted by molar-refractivity contribution is 7.89. The molecule has 10 heteroatoms. The fourth-order valence-electron chi connectivity index (χ4n) is 3.48. The molecule has 1 heterocycles. The van der Waals surface area contributed by atoms with Crippen molar-refractivity contribution in [2.24, 2.45) is 0 Å². The van der Waals surface area contributed by atoms with E-state index in [1.165, 1.54) is 16.9 Å². The maximum Gasteiger partial charge on any atom is 0.325 e. The monoisotopic (exact) mass is 427 g/mol. The second-order valence-electron chi connectivity index (χ2n) is 7.28. The fourth-order valence-corrected chi connectivity index (χ4v) is 4.88. The van der Waals surface area contributed by atoms with Gasteiger partial charge in [0.2, 0.25) is 15.8 Å². The average molecular weight is 427 g/mol. The predicted molar refractivity (Wildman–Crippen MR) is 108 cm³/mol. The third kappa shape index (κ3) is 3.71. The number of tetrazole rings is 1. The summed E-state index contributed by atoms with van der Waals surface area (Å²) in [6.45, 7) is 2.64. The molecule has 0 spiro atoms. The quantitative estimate of drug-likeness (QED) is 0.563. The second-order valence-corrected chi connectivity index (χ2v) is 8.97. The lowest BCUT2D eigenvalue weighted by atomic mass is 10.1. The normalized spacial score (nSPS) is 20.8. The fraction of sp³-hybridized carbons (Fsp3) is 0.300. The van der Waals surface area contributed by atoms with Gasteiger partial charge in [0.05, 0.1) is 11.4 Å². The number of nitrogens with one attached hydrogen (secondary N) is 1. The maximum absolute atomic E-state index is 12.9. The highest BCUT2D eigenvalue weighted by atomic mass is 32.2. The number of hydrogen-bond donors (Lipinski definition) is 2. The molecular weight excluding hydrogens is 406 g/mol. The summed E-state index contributed by atoms with van der Waals surface area (Å²) in [7, 11) is -4.04. The van der Waals surface area contributed by atoms with E-state index in [1.807, 2.05) is 13.0 Å². The number of benzene rings is 2. The molecule has 1 aromatic heterocycles. The molecule has 2 aromatic carbocycles. The van der Waals surface area contributed by atoms with Crippen molar-refractivity contribution in [3.05, 3.63) is 60.2 Å². The Morgan fingerprint density at radius 1 is 1.20 bits per heavy atom. The van der Waals surface area contributed by atoms with E-state index in [9.17, 15) is 18.3 Å². The van der Waals surface area contributed by atoms with Crippen LogP contribution in [0.15, 0.2) is 59.5 Å². The van der Waals surface area contributed by atoms with E-state index in [1.54, 1.807) is 36.4 Å². The van der Waals surface area contributed by atoms with Gasteiger partial charge in [0.1, 0.15) is 5.54 Å². The molecule has 0 unspecified atom stereocenters. The molecule has 0 bridgehead atoms. The lowest BCUT2D eigenvalue weighted by Crippen LogP contribution is -2.44. The predicted octanol–water partition coefficient (Wildman–Crippen LogP) is 2.04. The zero-order chi connectivity index (χ0) is 21.4. The first-order valence-electron chi connectivity index (χ1n) is 9.56. The van der Waals surface area contributed by atoms with Gasteiger partial charge in [-0.1, -0.05) is 37.3 Å². The Morgan fingerprint density at radius 2 is 1.90 bits per heavy atom. The number of nitrogens with zero attached hydrogens (tertiary/aromatic N) is 4. The Hall–Kier alpha value is -3.11. The van der Waals surface area contributed by atoms with E-state index in [4.69, 9.17) is 0 Å². The van der Waals surface area contributed by atoms with Crippen molar-refractivity contribution in [1.29, 1.82) is 0 Å². The third-order valence-electron chi connectivity index (χ3n) is 5.16. The van der Waals surface area contributed by atoms with Crippen molar-refractivity contribution < 1.29 is 18.3 Å². The molecule has 0 aliphatic heterocycles. The van der Waals surface area contributed by atoms with Crippen LogP contribution in [0.3, 0.4) is 0 Å². The Morgan fingerprint density at radius 3 is 2.53 bits per heavy atom. The van der Waals surface area contributed by atoms with E-state index in [0.29, 0.717) is 17.9 Å². The van der Waals surface area contributed by atoms with Gasteiger partial charge in [-0.15, -0.1) is 10.2 Å². The van der Waals surface area contributed by atoms with Crippen LogP contribution in [0.25, 0.3) is 11.4 Å². The van der Waals surface area contributed by atoms with E-state index >= 15 is 0 Å². The van der Waals surface area contributed by atoms with Gasteiger partial charge in [-0.05, 0) is 47.9 Å². The van der Waals surface area contributed by atoms with Crippen molar-refractivity contribution >= 4 is 16.0 Å². The minimum atomic E-state index is -4.04. The number of sulfonamides is 1. The summed E-state index contributed by atoms with van der Waals surface area (Å²) in [6.07, 6.45) is 1.07. The van der Waals surface area contributed by atoms with Crippen molar-refractivity contribution in [3.8, 4) is 11.4 Å². The molecule has 1 saturated carbocycles. The molecule has 3 aromatic rings. The summed E-state index contributed by atoms with van der Waals surface area (Å²) in [5.74, 6) is -1.20. The van der Waals surface area contributed by atoms with Crippen LogP contribution in [0.1, 0.15) is 31.2 Å². The molecule has 30 heavy (non-hydrogen) atoms. The molecule has 156 valence electrons. The Balaban J connectivity index is 1.55. The largest absolute Gasteiger partial charge is 0.480 e. The number of aryl methyl sites for hydroxylation is 1. The Bertz CT molecular complexity index is 1160. The first-order chi connectivity index (χ1) is 14.4. The lowest BCUT2D eigenvalue weighted by molar-refractivity contribution is -0.140. The minimum absolute atomic E-state index is 0.0217. The zero-order valence-electron chi connectivity index (χ0n) is 16.3. The van der Waals surface area contributed by atoms with Crippen LogP contribution in [0.4, 0.5) is 0 Å². The van der Waals surface area contributed by atoms with E-state index in [0.717, 1.165) is 12.0 Å². The van der Waals surface area contributed by atoms with Crippen molar-refractivity contribution in [2.75, 3.05) is 0 Å². The number of rotatable bonds is 8. The number of hydrogen-bond acceptors (Lipinski definition) is 6. The topological polar surface area (TPSA) is 127 Å².